The van der Waals surface area contributed by atoms with Crippen molar-refractivity contribution in [3.63, 3.8) is 0 Å². The van der Waals surface area contributed by atoms with Crippen LogP contribution in [0, 0.1) is 0 Å². The molecule has 1 aliphatic heterocycles. The molecule has 0 radical (unpaired) electrons. The molecular formula is C20H24BrN3O2. The summed E-state index contributed by atoms with van der Waals surface area (Å²) in [6.45, 7) is 4.49. The van der Waals surface area contributed by atoms with Crippen molar-refractivity contribution in [3.8, 4) is 0 Å². The summed E-state index contributed by atoms with van der Waals surface area (Å²) in [5, 5.41) is 0. The molecule has 26 heavy (non-hydrogen) atoms. The fraction of sp³-hybridized carbons (Fsp3) is 0.350. The Hall–Kier alpha value is -1.89. The molecule has 0 saturated carbocycles. The lowest BCUT2D eigenvalue weighted by molar-refractivity contribution is -0.683. The number of benzene rings is 1. The molecule has 5 nitrogen and oxygen atoms in total. The first-order valence-corrected chi connectivity index (χ1v) is 8.63. The molecule has 2 heterocycles. The van der Waals surface area contributed by atoms with Crippen molar-refractivity contribution in [2.75, 3.05) is 39.8 Å². The molecule has 0 aliphatic carbocycles. The molecule has 1 saturated heterocycles. The van der Waals surface area contributed by atoms with Crippen molar-refractivity contribution in [3.05, 3.63) is 66.0 Å². The number of hydrogen-bond donors (Lipinski definition) is 0. The van der Waals surface area contributed by atoms with Crippen LogP contribution >= 0.6 is 0 Å². The summed E-state index contributed by atoms with van der Waals surface area (Å²) in [6.07, 6.45) is 3.60. The largest absolute Gasteiger partial charge is 1.00 e. The minimum Gasteiger partial charge on any atom is -1.00 e. The van der Waals surface area contributed by atoms with Crippen LogP contribution in [0.1, 0.15) is 20.7 Å². The van der Waals surface area contributed by atoms with Crippen LogP contribution in [0.5, 0.6) is 0 Å². The van der Waals surface area contributed by atoms with E-state index in [9.17, 15) is 9.59 Å². The number of pyridine rings is 1. The van der Waals surface area contributed by atoms with E-state index in [4.69, 9.17) is 0 Å². The third kappa shape index (κ3) is 5.56. The number of hydrogen-bond acceptors (Lipinski definition) is 4. The number of carbonyl (C=O) groups excluding carboxylic acids is 2. The Morgan fingerprint density at radius 3 is 2.27 bits per heavy atom. The summed E-state index contributed by atoms with van der Waals surface area (Å²) in [5.41, 5.74) is 1.34. The third-order valence-electron chi connectivity index (χ3n) is 4.57. The molecule has 1 aliphatic rings. The van der Waals surface area contributed by atoms with Gasteiger partial charge in [-0.2, -0.15) is 4.57 Å². The van der Waals surface area contributed by atoms with Crippen LogP contribution in [0.4, 0.5) is 0 Å². The van der Waals surface area contributed by atoms with E-state index >= 15 is 0 Å². The minimum atomic E-state index is 0. The molecule has 0 spiro atoms. The molecular weight excluding hydrogens is 394 g/mol. The van der Waals surface area contributed by atoms with Gasteiger partial charge in [-0.1, -0.05) is 30.3 Å². The highest BCUT2D eigenvalue weighted by Crippen LogP contribution is 2.04. The summed E-state index contributed by atoms with van der Waals surface area (Å²) in [6, 6.07) is 12.9. The second-order valence-corrected chi connectivity index (χ2v) is 6.56. The Morgan fingerprint density at radius 1 is 0.923 bits per heavy atom. The molecule has 3 rings (SSSR count). The lowest BCUT2D eigenvalue weighted by Crippen LogP contribution is -3.00. The van der Waals surface area contributed by atoms with Gasteiger partial charge in [-0.3, -0.25) is 14.5 Å². The summed E-state index contributed by atoms with van der Waals surface area (Å²) in [5.74, 6) is 0.139. The molecule has 0 N–H and O–H groups in total. The SMILES string of the molecule is CN1CCN(CC(=O)c2ccc[n+](CC(=O)c3ccccc3)c2)CC1.[Br-]. The highest BCUT2D eigenvalue weighted by Gasteiger charge is 2.19. The average Bonchev–Trinajstić information content (AvgIpc) is 2.64. The minimum absolute atomic E-state index is 0. The number of carbonyl (C=O) groups is 2. The molecule has 0 atom stereocenters. The van der Waals surface area contributed by atoms with Gasteiger partial charge in [-0.05, 0) is 13.1 Å². The van der Waals surface area contributed by atoms with E-state index in [1.165, 1.54) is 0 Å². The van der Waals surface area contributed by atoms with Gasteiger partial charge >= 0.3 is 0 Å². The zero-order valence-corrected chi connectivity index (χ0v) is 16.6. The van der Waals surface area contributed by atoms with Gasteiger partial charge in [0.15, 0.2) is 18.2 Å². The summed E-state index contributed by atoms with van der Waals surface area (Å²) >= 11 is 0. The van der Waals surface area contributed by atoms with E-state index in [0.29, 0.717) is 17.7 Å². The van der Waals surface area contributed by atoms with E-state index in [2.05, 4.69) is 16.8 Å². The second-order valence-electron chi connectivity index (χ2n) is 6.56. The Labute approximate surface area is 165 Å². The lowest BCUT2D eigenvalue weighted by atomic mass is 10.1. The van der Waals surface area contributed by atoms with E-state index in [-0.39, 0.29) is 35.1 Å². The van der Waals surface area contributed by atoms with Crippen molar-refractivity contribution in [2.24, 2.45) is 0 Å². The van der Waals surface area contributed by atoms with Crippen LogP contribution in [0.25, 0.3) is 0 Å². The first kappa shape index (κ1) is 20.4. The molecule has 6 heteroatoms. The van der Waals surface area contributed by atoms with Crippen molar-refractivity contribution in [2.45, 2.75) is 6.54 Å². The van der Waals surface area contributed by atoms with E-state index < -0.39 is 0 Å². The summed E-state index contributed by atoms with van der Waals surface area (Å²) < 4.78 is 1.78. The van der Waals surface area contributed by atoms with Gasteiger partial charge in [-0.25, -0.2) is 0 Å². The lowest BCUT2D eigenvalue weighted by Gasteiger charge is -2.31. The van der Waals surface area contributed by atoms with Gasteiger partial charge in [0.25, 0.3) is 0 Å². The number of ketones is 2. The first-order valence-electron chi connectivity index (χ1n) is 8.63. The van der Waals surface area contributed by atoms with E-state index in [0.717, 1.165) is 26.2 Å². The Balaban J connectivity index is 0.00000243. The Bertz CT molecular complexity index is 744. The van der Waals surface area contributed by atoms with Crippen LogP contribution in [0.2, 0.25) is 0 Å². The van der Waals surface area contributed by atoms with Crippen LogP contribution in [-0.4, -0.2) is 61.1 Å². The highest BCUT2D eigenvalue weighted by molar-refractivity contribution is 5.97. The molecule has 1 fully saturated rings. The standard InChI is InChI=1S/C20H24N3O2.BrH/c1-21-10-12-22(13-11-21)15-20(25)18-8-5-9-23(14-18)16-19(24)17-6-3-2-4-7-17;/h2-9,14H,10-13,15-16H2,1H3;1H/q+1;/p-1. The smallest absolute Gasteiger partial charge is 0.227 e. The topological polar surface area (TPSA) is 44.5 Å². The number of rotatable bonds is 6. The Morgan fingerprint density at radius 2 is 1.58 bits per heavy atom. The number of likely N-dealkylation sites (N-methyl/N-ethyl adjacent to an activating group) is 1. The monoisotopic (exact) mass is 417 g/mol. The van der Waals surface area contributed by atoms with E-state index in [1.54, 1.807) is 10.8 Å². The molecule has 138 valence electrons. The number of nitrogens with zero attached hydrogens (tertiary/aromatic N) is 3. The summed E-state index contributed by atoms with van der Waals surface area (Å²) in [7, 11) is 2.10. The van der Waals surface area contributed by atoms with Gasteiger partial charge in [0.1, 0.15) is 0 Å². The van der Waals surface area contributed by atoms with Crippen molar-refractivity contribution >= 4 is 11.6 Å². The van der Waals surface area contributed by atoms with Crippen LogP contribution in [0.3, 0.4) is 0 Å². The fourth-order valence-electron chi connectivity index (χ4n) is 2.97. The fourth-order valence-corrected chi connectivity index (χ4v) is 2.97. The molecule has 0 bridgehead atoms. The van der Waals surface area contributed by atoms with E-state index in [1.807, 2.05) is 48.7 Å². The zero-order chi connectivity index (χ0) is 17.6. The second kappa shape index (κ2) is 9.71. The normalized spacial score (nSPS) is 15.3. The molecule has 2 aromatic rings. The molecule has 1 aromatic heterocycles. The van der Waals surface area contributed by atoms with Crippen LogP contribution in [0.15, 0.2) is 54.9 Å². The number of halogens is 1. The average molecular weight is 418 g/mol. The Kier molecular flexibility index (Phi) is 7.63. The number of aromatic nitrogens is 1. The quantitative estimate of drug-likeness (QED) is 0.414. The van der Waals surface area contributed by atoms with Crippen molar-refractivity contribution < 1.29 is 31.1 Å². The number of Topliss-reactive ketones (excluding diaryl/α,β-unsaturated/α-hetero) is 2. The maximum absolute atomic E-state index is 12.5. The van der Waals surface area contributed by atoms with Gasteiger partial charge in [0.2, 0.25) is 12.3 Å². The number of piperazine rings is 1. The maximum Gasteiger partial charge on any atom is 0.227 e. The van der Waals surface area contributed by atoms with Crippen molar-refractivity contribution in [1.82, 2.24) is 9.80 Å². The van der Waals surface area contributed by atoms with Crippen LogP contribution < -0.4 is 21.5 Å². The van der Waals surface area contributed by atoms with Gasteiger partial charge in [0.05, 0.1) is 12.1 Å². The predicted molar refractivity (Wildman–Crippen MR) is 95.7 cm³/mol. The molecule has 0 unspecified atom stereocenters. The maximum atomic E-state index is 12.5. The highest BCUT2D eigenvalue weighted by atomic mass is 79.9. The third-order valence-corrected chi connectivity index (χ3v) is 4.57. The van der Waals surface area contributed by atoms with Gasteiger partial charge in [-0.15, -0.1) is 0 Å². The van der Waals surface area contributed by atoms with Crippen LogP contribution in [-0.2, 0) is 6.54 Å². The zero-order valence-electron chi connectivity index (χ0n) is 15.0. The molecule has 1 aromatic carbocycles. The van der Waals surface area contributed by atoms with Crippen molar-refractivity contribution in [1.29, 1.82) is 0 Å². The summed E-state index contributed by atoms with van der Waals surface area (Å²) in [4.78, 5) is 29.3. The first-order chi connectivity index (χ1) is 12.1. The molecule has 0 amide bonds. The predicted octanol–water partition coefficient (Wildman–Crippen LogP) is -1.71. The van der Waals surface area contributed by atoms with Gasteiger partial charge < -0.3 is 21.9 Å². The van der Waals surface area contributed by atoms with Gasteiger partial charge in [0, 0.05) is 37.8 Å².